The number of phenolic OH excluding ortho intramolecular Hbond substituents is 2. The summed E-state index contributed by atoms with van der Waals surface area (Å²) in [7, 11) is -4.65. The maximum atomic E-state index is 12.5. The van der Waals surface area contributed by atoms with Crippen LogP contribution in [0.1, 0.15) is 18.0 Å². The number of aromatic hydroxyl groups is 2. The van der Waals surface area contributed by atoms with Crippen LogP contribution in [0.4, 0.5) is 0 Å². The number of likely N-dealkylation sites (tertiary alicyclic amines) is 1. The predicted octanol–water partition coefficient (Wildman–Crippen LogP) is -1.94. The Hall–Kier alpha value is -1.37. The van der Waals surface area contributed by atoms with Crippen molar-refractivity contribution in [3.8, 4) is 11.5 Å². The van der Waals surface area contributed by atoms with Crippen LogP contribution in [0, 0.1) is 0 Å². The van der Waals surface area contributed by atoms with Gasteiger partial charge in [0.1, 0.15) is 12.1 Å². The fraction of sp³-hybridized carbons (Fsp3) is 0.385. The molecule has 25 heavy (non-hydrogen) atoms. The average Bonchev–Trinajstić information content (AvgIpc) is 2.85. The number of hydrogen-bond donors (Lipinski definition) is 4. The third-order valence-electron chi connectivity index (χ3n) is 4.29. The van der Waals surface area contributed by atoms with E-state index in [0.717, 1.165) is 6.07 Å². The van der Waals surface area contributed by atoms with Gasteiger partial charge in [-0.25, -0.2) is 4.31 Å². The van der Waals surface area contributed by atoms with Crippen molar-refractivity contribution in [3.05, 3.63) is 23.8 Å². The molecule has 2 aliphatic heterocycles. The van der Waals surface area contributed by atoms with Gasteiger partial charge < -0.3 is 20.8 Å². The first-order valence-corrected chi connectivity index (χ1v) is 8.41. The zero-order chi connectivity index (χ0) is 17.8. The molecule has 132 valence electrons. The van der Waals surface area contributed by atoms with Gasteiger partial charge in [-0.15, -0.1) is 0 Å². The molecule has 0 aliphatic carbocycles. The SMILES string of the molecule is NC(C(=O)N1CC[C@@H]2[C@H]1C(=O)N2S(=O)(=O)O)c1ccc(O)c(O)c1.[NaH]. The molecule has 0 aromatic heterocycles. The molecule has 0 saturated carbocycles. The number of nitrogens with two attached hydrogens (primary N) is 1. The van der Waals surface area contributed by atoms with Crippen molar-refractivity contribution in [2.45, 2.75) is 24.5 Å². The van der Waals surface area contributed by atoms with E-state index in [0.29, 0.717) is 4.31 Å². The maximum absolute atomic E-state index is 12.5. The first kappa shape index (κ1) is 19.9. The molecule has 2 amide bonds. The Labute approximate surface area is 165 Å². The van der Waals surface area contributed by atoms with Crippen LogP contribution in [0.2, 0.25) is 0 Å². The van der Waals surface area contributed by atoms with Gasteiger partial charge in [-0.1, -0.05) is 6.07 Å². The topological polar surface area (TPSA) is 161 Å². The molecule has 2 aliphatic rings. The number of nitrogens with zero attached hydrogens (tertiary/aromatic N) is 2. The van der Waals surface area contributed by atoms with Gasteiger partial charge in [0.15, 0.2) is 11.5 Å². The van der Waals surface area contributed by atoms with E-state index in [1.807, 2.05) is 0 Å². The van der Waals surface area contributed by atoms with Gasteiger partial charge in [-0.05, 0) is 24.1 Å². The average molecular weight is 381 g/mol. The molecule has 0 radical (unpaired) electrons. The van der Waals surface area contributed by atoms with Crippen LogP contribution in [0.25, 0.3) is 0 Å². The Morgan fingerprint density at radius 1 is 1.28 bits per heavy atom. The van der Waals surface area contributed by atoms with E-state index in [4.69, 9.17) is 10.3 Å². The molecule has 2 saturated heterocycles. The molecule has 12 heteroatoms. The molecule has 10 nitrogen and oxygen atoms in total. The minimum absolute atomic E-state index is 0. The van der Waals surface area contributed by atoms with Crippen LogP contribution in [0.3, 0.4) is 0 Å². The number of hydrogen-bond acceptors (Lipinski definition) is 7. The molecule has 3 rings (SSSR count). The van der Waals surface area contributed by atoms with E-state index >= 15 is 0 Å². The van der Waals surface area contributed by atoms with Crippen LogP contribution in [-0.4, -0.2) is 92.4 Å². The van der Waals surface area contributed by atoms with Gasteiger partial charge in [0.25, 0.3) is 5.91 Å². The molecule has 1 aromatic carbocycles. The van der Waals surface area contributed by atoms with Crippen LogP contribution in [0.15, 0.2) is 18.2 Å². The second-order valence-electron chi connectivity index (χ2n) is 5.67. The number of carbonyl (C=O) groups is 2. The minimum atomic E-state index is -4.65. The summed E-state index contributed by atoms with van der Waals surface area (Å²) in [6.07, 6.45) is 0.204. The Morgan fingerprint density at radius 3 is 2.48 bits per heavy atom. The number of rotatable bonds is 3. The second-order valence-corrected chi connectivity index (χ2v) is 6.96. The molecule has 1 unspecified atom stereocenters. The van der Waals surface area contributed by atoms with Gasteiger partial charge in [0, 0.05) is 6.54 Å². The van der Waals surface area contributed by atoms with Crippen LogP contribution < -0.4 is 5.73 Å². The van der Waals surface area contributed by atoms with E-state index < -0.39 is 46.0 Å². The quantitative estimate of drug-likeness (QED) is 0.204. The van der Waals surface area contributed by atoms with E-state index in [1.165, 1.54) is 17.0 Å². The van der Waals surface area contributed by atoms with Crippen LogP contribution >= 0.6 is 0 Å². The first-order valence-electron chi connectivity index (χ1n) is 7.01. The Balaban J connectivity index is 0.00000225. The normalized spacial score (nSPS) is 23.5. The number of amides is 2. The summed E-state index contributed by atoms with van der Waals surface area (Å²) in [4.78, 5) is 25.6. The van der Waals surface area contributed by atoms with Crippen molar-refractivity contribution < 1.29 is 32.8 Å². The van der Waals surface area contributed by atoms with Crippen molar-refractivity contribution in [1.82, 2.24) is 9.21 Å². The third kappa shape index (κ3) is 3.23. The molecule has 2 fully saturated rings. The van der Waals surface area contributed by atoms with E-state index in [-0.39, 0.29) is 53.8 Å². The van der Waals surface area contributed by atoms with Gasteiger partial charge in [-0.3, -0.25) is 14.1 Å². The van der Waals surface area contributed by atoms with Crippen LogP contribution in [-0.2, 0) is 19.9 Å². The Bertz CT molecular complexity index is 831. The van der Waals surface area contributed by atoms with Crippen molar-refractivity contribution in [2.75, 3.05) is 6.54 Å². The standard InChI is InChI=1S/C13H15N3O7S.Na.H/c14-10(6-1-2-8(17)9(18)5-6)12(19)15-4-3-7-11(15)13(20)16(7)24(21,22)23;;/h1-2,5,7,10-11,17-18H,3-4,14H2,(H,21,22,23);;/t7-,10?,11+;;/m1../s1. The second kappa shape index (κ2) is 6.74. The summed E-state index contributed by atoms with van der Waals surface area (Å²) in [5.41, 5.74) is 6.09. The predicted molar refractivity (Wildman–Crippen MR) is 86.1 cm³/mol. The number of benzene rings is 1. The molecule has 1 aromatic rings. The summed E-state index contributed by atoms with van der Waals surface area (Å²) in [6.45, 7) is 0.115. The number of phenols is 2. The van der Waals surface area contributed by atoms with Crippen molar-refractivity contribution >= 4 is 51.7 Å². The fourth-order valence-corrected chi connectivity index (χ4v) is 4.02. The summed E-state index contributed by atoms with van der Waals surface area (Å²) in [5.74, 6) is -2.30. The van der Waals surface area contributed by atoms with E-state index in [1.54, 1.807) is 0 Å². The van der Waals surface area contributed by atoms with Gasteiger partial charge in [0.05, 0.1) is 6.04 Å². The van der Waals surface area contributed by atoms with Gasteiger partial charge >= 0.3 is 39.9 Å². The van der Waals surface area contributed by atoms with Crippen LogP contribution in [0.5, 0.6) is 11.5 Å². The molecule has 0 spiro atoms. The van der Waals surface area contributed by atoms with E-state index in [2.05, 4.69) is 0 Å². The monoisotopic (exact) mass is 381 g/mol. The van der Waals surface area contributed by atoms with Crippen molar-refractivity contribution in [3.63, 3.8) is 0 Å². The molecular formula is C13H16N3NaO7S. The fourth-order valence-electron chi connectivity index (χ4n) is 3.12. The number of β-lactam (4-membered cyclic amide) rings is 1. The first-order chi connectivity index (χ1) is 11.1. The molecule has 2 heterocycles. The summed E-state index contributed by atoms with van der Waals surface area (Å²) in [6, 6.07) is 0.714. The van der Waals surface area contributed by atoms with Crippen molar-refractivity contribution in [1.29, 1.82) is 0 Å². The van der Waals surface area contributed by atoms with Gasteiger partial charge in [0.2, 0.25) is 5.91 Å². The molecule has 0 bridgehead atoms. The Kier molecular flexibility index (Phi) is 5.38. The number of fused-ring (bicyclic) bond motifs is 1. The summed E-state index contributed by atoms with van der Waals surface area (Å²) >= 11 is 0. The van der Waals surface area contributed by atoms with Gasteiger partial charge in [-0.2, -0.15) is 8.42 Å². The van der Waals surface area contributed by atoms with E-state index in [9.17, 15) is 28.2 Å². The third-order valence-corrected chi connectivity index (χ3v) is 5.24. The molecular weight excluding hydrogens is 365 g/mol. The molecule has 3 atom stereocenters. The molecule has 5 N–H and O–H groups in total. The van der Waals surface area contributed by atoms with Crippen molar-refractivity contribution in [2.24, 2.45) is 5.73 Å². The Morgan fingerprint density at radius 2 is 1.92 bits per heavy atom. The summed E-state index contributed by atoms with van der Waals surface area (Å²) in [5, 5.41) is 18.8. The number of carbonyl (C=O) groups excluding carboxylic acids is 2. The zero-order valence-corrected chi connectivity index (χ0v) is 13.0. The zero-order valence-electron chi connectivity index (χ0n) is 12.2. The summed E-state index contributed by atoms with van der Waals surface area (Å²) < 4.78 is 31.7.